The fourth-order valence-corrected chi connectivity index (χ4v) is 3.68. The molecule has 3 aromatic rings. The van der Waals surface area contributed by atoms with E-state index < -0.39 is 6.10 Å². The van der Waals surface area contributed by atoms with Crippen LogP contribution in [0.4, 0.5) is 0 Å². The molecule has 2 aromatic carbocycles. The molecule has 0 aliphatic carbocycles. The van der Waals surface area contributed by atoms with Crippen LogP contribution in [0.1, 0.15) is 28.6 Å². The summed E-state index contributed by atoms with van der Waals surface area (Å²) >= 11 is 0. The number of fused-ring (bicyclic) bond motifs is 1. The van der Waals surface area contributed by atoms with Crippen LogP contribution in [-0.2, 0) is 13.1 Å². The lowest BCUT2D eigenvalue weighted by Crippen LogP contribution is -2.34. The molecule has 1 unspecified atom stereocenters. The van der Waals surface area contributed by atoms with Crippen molar-refractivity contribution in [1.29, 1.82) is 0 Å². The van der Waals surface area contributed by atoms with Gasteiger partial charge in [-0.15, -0.1) is 0 Å². The summed E-state index contributed by atoms with van der Waals surface area (Å²) in [6.45, 7) is 3.53. The maximum atomic E-state index is 10.7. The van der Waals surface area contributed by atoms with Crippen LogP contribution in [0.3, 0.4) is 0 Å². The molecule has 4 rings (SSSR count). The van der Waals surface area contributed by atoms with E-state index in [2.05, 4.69) is 15.0 Å². The first-order valence-corrected chi connectivity index (χ1v) is 9.13. The average Bonchev–Trinajstić information content (AvgIpc) is 3.15. The van der Waals surface area contributed by atoms with Crippen molar-refractivity contribution in [1.82, 2.24) is 15.0 Å². The predicted octanol–water partition coefficient (Wildman–Crippen LogP) is 3.11. The highest BCUT2D eigenvalue weighted by Gasteiger charge is 2.30. The highest BCUT2D eigenvalue weighted by molar-refractivity contribution is 5.54. The number of hydrogen-bond acceptors (Lipinski definition) is 7. The van der Waals surface area contributed by atoms with E-state index in [0.717, 1.165) is 28.0 Å². The zero-order valence-corrected chi connectivity index (χ0v) is 16.2. The van der Waals surface area contributed by atoms with Gasteiger partial charge in [-0.05, 0) is 31.2 Å². The summed E-state index contributed by atoms with van der Waals surface area (Å²) in [5.41, 5.74) is 3.73. The minimum atomic E-state index is -0.683. The number of aromatic nitrogens is 2. The van der Waals surface area contributed by atoms with Gasteiger partial charge < -0.3 is 19.1 Å². The Morgan fingerprint density at radius 1 is 1.18 bits per heavy atom. The monoisotopic (exact) mass is 381 g/mol. The van der Waals surface area contributed by atoms with Crippen molar-refractivity contribution in [3.8, 4) is 23.0 Å². The summed E-state index contributed by atoms with van der Waals surface area (Å²) < 4.78 is 16.3. The van der Waals surface area contributed by atoms with Gasteiger partial charge in [-0.2, -0.15) is 4.98 Å². The molecule has 0 amide bonds. The smallest absolute Gasteiger partial charge is 0.257 e. The van der Waals surface area contributed by atoms with E-state index in [9.17, 15) is 5.11 Å². The van der Waals surface area contributed by atoms with Crippen LogP contribution in [-0.4, -0.2) is 40.9 Å². The summed E-state index contributed by atoms with van der Waals surface area (Å²) in [6, 6.07) is 11.6. The number of aliphatic hydroxyl groups is 1. The summed E-state index contributed by atoms with van der Waals surface area (Å²) in [6.07, 6.45) is -0.683. The number of nitrogens with zero attached hydrogens (tertiary/aromatic N) is 3. The topological polar surface area (TPSA) is 80.9 Å². The first-order valence-electron chi connectivity index (χ1n) is 9.13. The third kappa shape index (κ3) is 3.46. The second-order valence-electron chi connectivity index (χ2n) is 6.93. The quantitative estimate of drug-likeness (QED) is 0.727. The van der Waals surface area contributed by atoms with Crippen LogP contribution in [0.5, 0.6) is 11.5 Å². The number of β-amino-alcohol motifs (C(OH)–C–C–N with tert-alkyl or cyclic N) is 1. The molecule has 28 heavy (non-hydrogen) atoms. The predicted molar refractivity (Wildman–Crippen MR) is 103 cm³/mol. The van der Waals surface area contributed by atoms with Gasteiger partial charge in [0.1, 0.15) is 11.5 Å². The zero-order chi connectivity index (χ0) is 19.7. The normalized spacial score (nSPS) is 16.6. The SMILES string of the molecule is COc1ccc(OC)c2c1CN(Cc1noc(-c3cccc(C)c3)n1)CC2O. The molecule has 7 heteroatoms. The Balaban J connectivity index is 1.56. The lowest BCUT2D eigenvalue weighted by atomic mass is 9.95. The fourth-order valence-electron chi connectivity index (χ4n) is 3.68. The van der Waals surface area contributed by atoms with Crippen molar-refractivity contribution in [2.45, 2.75) is 26.1 Å². The molecule has 2 heterocycles. The highest BCUT2D eigenvalue weighted by Crippen LogP contribution is 2.39. The van der Waals surface area contributed by atoms with Gasteiger partial charge in [-0.25, -0.2) is 0 Å². The van der Waals surface area contributed by atoms with Crippen molar-refractivity contribution in [2.75, 3.05) is 20.8 Å². The molecular formula is C21H23N3O4. The number of aryl methyl sites for hydroxylation is 1. The summed E-state index contributed by atoms with van der Waals surface area (Å²) in [4.78, 5) is 6.59. The Morgan fingerprint density at radius 2 is 1.96 bits per heavy atom. The van der Waals surface area contributed by atoms with E-state index >= 15 is 0 Å². The molecule has 1 N–H and O–H groups in total. The molecule has 0 radical (unpaired) electrons. The third-order valence-electron chi connectivity index (χ3n) is 4.96. The molecule has 0 saturated heterocycles. The van der Waals surface area contributed by atoms with Crippen LogP contribution in [0.2, 0.25) is 0 Å². The van der Waals surface area contributed by atoms with Gasteiger partial charge in [0.15, 0.2) is 5.82 Å². The van der Waals surface area contributed by atoms with Crippen LogP contribution in [0.25, 0.3) is 11.5 Å². The molecule has 0 spiro atoms. The van der Waals surface area contributed by atoms with Crippen LogP contribution in [0, 0.1) is 6.92 Å². The van der Waals surface area contributed by atoms with E-state index in [4.69, 9.17) is 14.0 Å². The van der Waals surface area contributed by atoms with E-state index in [1.807, 2.05) is 43.3 Å². The van der Waals surface area contributed by atoms with Gasteiger partial charge in [0.25, 0.3) is 5.89 Å². The molecule has 0 bridgehead atoms. The van der Waals surface area contributed by atoms with Crippen molar-refractivity contribution in [2.24, 2.45) is 0 Å². The lowest BCUT2D eigenvalue weighted by Gasteiger charge is -2.33. The zero-order valence-electron chi connectivity index (χ0n) is 16.2. The van der Waals surface area contributed by atoms with Gasteiger partial charge >= 0.3 is 0 Å². The molecule has 0 fully saturated rings. The number of benzene rings is 2. The summed E-state index contributed by atoms with van der Waals surface area (Å²) in [7, 11) is 3.23. The van der Waals surface area contributed by atoms with Gasteiger partial charge in [-0.1, -0.05) is 22.9 Å². The Bertz CT molecular complexity index is 986. The van der Waals surface area contributed by atoms with Gasteiger partial charge in [0, 0.05) is 29.8 Å². The fraction of sp³-hybridized carbons (Fsp3) is 0.333. The molecule has 1 aliphatic rings. The number of ether oxygens (including phenoxy) is 2. The lowest BCUT2D eigenvalue weighted by molar-refractivity contribution is 0.0823. The van der Waals surface area contributed by atoms with E-state index in [1.54, 1.807) is 14.2 Å². The molecule has 1 atom stereocenters. The number of methoxy groups -OCH3 is 2. The maximum Gasteiger partial charge on any atom is 0.257 e. The van der Waals surface area contributed by atoms with Crippen molar-refractivity contribution >= 4 is 0 Å². The largest absolute Gasteiger partial charge is 0.496 e. The van der Waals surface area contributed by atoms with E-state index in [1.165, 1.54) is 0 Å². The van der Waals surface area contributed by atoms with Crippen molar-refractivity contribution in [3.63, 3.8) is 0 Å². The Hall–Kier alpha value is -2.90. The summed E-state index contributed by atoms with van der Waals surface area (Å²) in [5.74, 6) is 2.47. The molecular weight excluding hydrogens is 358 g/mol. The molecule has 146 valence electrons. The van der Waals surface area contributed by atoms with Crippen LogP contribution < -0.4 is 9.47 Å². The van der Waals surface area contributed by atoms with Crippen LogP contribution >= 0.6 is 0 Å². The maximum absolute atomic E-state index is 10.7. The Labute approximate surface area is 163 Å². The molecule has 1 aliphatic heterocycles. The molecule has 7 nitrogen and oxygen atoms in total. The minimum absolute atomic E-state index is 0.449. The third-order valence-corrected chi connectivity index (χ3v) is 4.96. The number of rotatable bonds is 5. The number of hydrogen-bond donors (Lipinski definition) is 1. The van der Waals surface area contributed by atoms with Crippen molar-refractivity contribution in [3.05, 3.63) is 58.9 Å². The average molecular weight is 381 g/mol. The first kappa shape index (κ1) is 18.5. The van der Waals surface area contributed by atoms with E-state index in [-0.39, 0.29) is 0 Å². The molecule has 0 saturated carbocycles. The van der Waals surface area contributed by atoms with Gasteiger partial charge in [-0.3, -0.25) is 4.90 Å². The highest BCUT2D eigenvalue weighted by atomic mass is 16.5. The second kappa shape index (κ2) is 7.61. The van der Waals surface area contributed by atoms with E-state index in [0.29, 0.717) is 37.1 Å². The standard InChI is InChI=1S/C21H23N3O4/c1-13-5-4-6-14(9-13)21-22-19(23-28-21)12-24-10-15-17(26-2)7-8-18(27-3)20(15)16(25)11-24/h4-9,16,25H,10-12H2,1-3H3. The summed E-state index contributed by atoms with van der Waals surface area (Å²) in [5, 5.41) is 14.8. The first-order chi connectivity index (χ1) is 13.6. The van der Waals surface area contributed by atoms with Crippen LogP contribution in [0.15, 0.2) is 40.9 Å². The van der Waals surface area contributed by atoms with Gasteiger partial charge in [0.2, 0.25) is 0 Å². The Kier molecular flexibility index (Phi) is 5.02. The minimum Gasteiger partial charge on any atom is -0.496 e. The number of aliphatic hydroxyl groups excluding tert-OH is 1. The van der Waals surface area contributed by atoms with Crippen molar-refractivity contribution < 1.29 is 19.1 Å². The van der Waals surface area contributed by atoms with Gasteiger partial charge in [0.05, 0.1) is 26.9 Å². The molecule has 1 aromatic heterocycles. The Morgan fingerprint density at radius 3 is 2.71 bits per heavy atom. The second-order valence-corrected chi connectivity index (χ2v) is 6.93.